The Morgan fingerprint density at radius 2 is 2.00 bits per heavy atom. The third kappa shape index (κ3) is 3.11. The lowest BCUT2D eigenvalue weighted by molar-refractivity contribution is 0.110. The minimum Gasteiger partial charge on any atom is -0.474 e. The molecule has 2 heterocycles. The number of nitrogens with zero attached hydrogens (tertiary/aromatic N) is 2. The van der Waals surface area contributed by atoms with E-state index in [0.717, 1.165) is 50.3 Å². The molecule has 1 atom stereocenters. The van der Waals surface area contributed by atoms with Crippen LogP contribution in [0.5, 0.6) is 5.88 Å². The molecule has 1 aliphatic carbocycles. The van der Waals surface area contributed by atoms with E-state index < -0.39 is 0 Å². The fraction of sp³-hybridized carbons (Fsp3) is 0.450. The first-order valence-electron chi connectivity index (χ1n) is 8.86. The molecular formula is C20H25N3O. The standard InChI is InChI=1S/C20H25N3O/c1-23-9-6-17(7-10-23)24-20-13-14(5-8-22-20)16-11-15-3-2-4-19(21)18(15)12-16/h2-5,8,13,16-17H,6-7,9-12,21H2,1H3. The highest BCUT2D eigenvalue weighted by atomic mass is 16.5. The molecule has 24 heavy (non-hydrogen) atoms. The molecule has 1 aliphatic heterocycles. The van der Waals surface area contributed by atoms with E-state index in [1.807, 2.05) is 12.3 Å². The first-order valence-corrected chi connectivity index (χ1v) is 8.86. The molecule has 0 amide bonds. The monoisotopic (exact) mass is 323 g/mol. The molecule has 4 rings (SSSR count). The van der Waals surface area contributed by atoms with Gasteiger partial charge in [-0.2, -0.15) is 0 Å². The highest BCUT2D eigenvalue weighted by Gasteiger charge is 2.25. The second kappa shape index (κ2) is 6.44. The third-order valence-electron chi connectivity index (χ3n) is 5.41. The van der Waals surface area contributed by atoms with E-state index in [1.54, 1.807) is 0 Å². The van der Waals surface area contributed by atoms with Crippen molar-refractivity contribution in [1.82, 2.24) is 9.88 Å². The molecule has 0 saturated carbocycles. The van der Waals surface area contributed by atoms with Crippen molar-refractivity contribution in [1.29, 1.82) is 0 Å². The number of hydrogen-bond acceptors (Lipinski definition) is 4. The summed E-state index contributed by atoms with van der Waals surface area (Å²) in [6.07, 6.45) is 6.39. The molecule has 2 aliphatic rings. The number of ether oxygens (including phenoxy) is 1. The first-order chi connectivity index (χ1) is 11.7. The number of hydrogen-bond donors (Lipinski definition) is 1. The van der Waals surface area contributed by atoms with Crippen LogP contribution < -0.4 is 10.5 Å². The van der Waals surface area contributed by atoms with Gasteiger partial charge in [-0.25, -0.2) is 4.98 Å². The summed E-state index contributed by atoms with van der Waals surface area (Å²) in [5, 5.41) is 0. The Balaban J connectivity index is 1.47. The predicted octanol–water partition coefficient (Wildman–Crippen LogP) is 3.02. The van der Waals surface area contributed by atoms with Crippen LogP contribution in [0.2, 0.25) is 0 Å². The van der Waals surface area contributed by atoms with E-state index in [9.17, 15) is 0 Å². The van der Waals surface area contributed by atoms with Gasteiger partial charge >= 0.3 is 0 Å². The van der Waals surface area contributed by atoms with Gasteiger partial charge in [-0.15, -0.1) is 0 Å². The average molecular weight is 323 g/mol. The number of anilines is 1. The maximum absolute atomic E-state index is 6.14. The zero-order chi connectivity index (χ0) is 16.5. The number of likely N-dealkylation sites (tertiary alicyclic amines) is 1. The Bertz CT molecular complexity index is 723. The van der Waals surface area contributed by atoms with Crippen molar-refractivity contribution < 1.29 is 4.74 Å². The molecule has 0 bridgehead atoms. The zero-order valence-corrected chi connectivity index (χ0v) is 14.2. The molecular weight excluding hydrogens is 298 g/mol. The number of nitrogens with two attached hydrogens (primary N) is 1. The molecule has 126 valence electrons. The number of aromatic nitrogens is 1. The van der Waals surface area contributed by atoms with Crippen LogP contribution in [0.3, 0.4) is 0 Å². The van der Waals surface area contributed by atoms with Gasteiger partial charge in [0.05, 0.1) is 0 Å². The van der Waals surface area contributed by atoms with Crippen LogP contribution in [0.1, 0.15) is 35.4 Å². The molecule has 0 spiro atoms. The molecule has 2 N–H and O–H groups in total. The van der Waals surface area contributed by atoms with E-state index in [0.29, 0.717) is 12.0 Å². The summed E-state index contributed by atoms with van der Waals surface area (Å²) >= 11 is 0. The summed E-state index contributed by atoms with van der Waals surface area (Å²) in [4.78, 5) is 6.78. The summed E-state index contributed by atoms with van der Waals surface area (Å²) in [7, 11) is 2.17. The van der Waals surface area contributed by atoms with Crippen LogP contribution in [0, 0.1) is 0 Å². The van der Waals surface area contributed by atoms with Gasteiger partial charge < -0.3 is 15.4 Å². The van der Waals surface area contributed by atoms with Crippen molar-refractivity contribution in [3.63, 3.8) is 0 Å². The van der Waals surface area contributed by atoms with Crippen LogP contribution in [0.15, 0.2) is 36.5 Å². The van der Waals surface area contributed by atoms with Crippen molar-refractivity contribution in [3.05, 3.63) is 53.2 Å². The van der Waals surface area contributed by atoms with Gasteiger partial charge in [0, 0.05) is 31.0 Å². The molecule has 4 nitrogen and oxygen atoms in total. The first kappa shape index (κ1) is 15.5. The summed E-state index contributed by atoms with van der Waals surface area (Å²) < 4.78 is 6.14. The molecule has 2 aromatic rings. The van der Waals surface area contributed by atoms with Gasteiger partial charge in [0.1, 0.15) is 6.10 Å². The molecule has 4 heteroatoms. The largest absolute Gasteiger partial charge is 0.474 e. The average Bonchev–Trinajstić information content (AvgIpc) is 3.03. The fourth-order valence-corrected chi connectivity index (χ4v) is 3.93. The van der Waals surface area contributed by atoms with Crippen molar-refractivity contribution in [2.24, 2.45) is 0 Å². The van der Waals surface area contributed by atoms with Gasteiger partial charge in [0.25, 0.3) is 0 Å². The van der Waals surface area contributed by atoms with Crippen molar-refractivity contribution >= 4 is 5.69 Å². The molecule has 1 unspecified atom stereocenters. The highest BCUT2D eigenvalue weighted by molar-refractivity contribution is 5.54. The lowest BCUT2D eigenvalue weighted by atomic mass is 9.97. The third-order valence-corrected chi connectivity index (χ3v) is 5.41. The summed E-state index contributed by atoms with van der Waals surface area (Å²) in [5.74, 6) is 1.25. The second-order valence-electron chi connectivity index (χ2n) is 7.14. The normalized spacial score (nSPS) is 21.6. The number of pyridine rings is 1. The Morgan fingerprint density at radius 3 is 2.79 bits per heavy atom. The number of piperidine rings is 1. The lowest BCUT2D eigenvalue weighted by Gasteiger charge is -2.29. The second-order valence-corrected chi connectivity index (χ2v) is 7.14. The van der Waals surface area contributed by atoms with Crippen molar-refractivity contribution in [3.8, 4) is 5.88 Å². The summed E-state index contributed by atoms with van der Waals surface area (Å²) in [6.45, 7) is 2.20. The molecule has 1 fully saturated rings. The lowest BCUT2D eigenvalue weighted by Crippen LogP contribution is -2.35. The maximum atomic E-state index is 6.14. The van der Waals surface area contributed by atoms with Crippen LogP contribution >= 0.6 is 0 Å². The number of fused-ring (bicyclic) bond motifs is 1. The highest BCUT2D eigenvalue weighted by Crippen LogP contribution is 2.37. The van der Waals surface area contributed by atoms with Crippen molar-refractivity contribution in [2.75, 3.05) is 25.9 Å². The van der Waals surface area contributed by atoms with Crippen LogP contribution in [-0.4, -0.2) is 36.1 Å². The Kier molecular flexibility index (Phi) is 4.15. The van der Waals surface area contributed by atoms with Crippen molar-refractivity contribution in [2.45, 2.75) is 37.7 Å². The minimum absolute atomic E-state index is 0.292. The van der Waals surface area contributed by atoms with E-state index in [4.69, 9.17) is 10.5 Å². The van der Waals surface area contributed by atoms with Crippen LogP contribution in [0.4, 0.5) is 5.69 Å². The Morgan fingerprint density at radius 1 is 1.17 bits per heavy atom. The van der Waals surface area contributed by atoms with Gasteiger partial charge in [0.15, 0.2) is 0 Å². The SMILES string of the molecule is CN1CCC(Oc2cc(C3Cc4cccc(N)c4C3)ccn2)CC1. The maximum Gasteiger partial charge on any atom is 0.213 e. The Hall–Kier alpha value is -2.07. The van der Waals surface area contributed by atoms with Gasteiger partial charge in [-0.3, -0.25) is 0 Å². The molecule has 1 aromatic carbocycles. The number of rotatable bonds is 3. The van der Waals surface area contributed by atoms with Crippen LogP contribution in [-0.2, 0) is 12.8 Å². The molecule has 0 radical (unpaired) electrons. The summed E-state index contributed by atoms with van der Waals surface area (Å²) in [6, 6.07) is 10.5. The predicted molar refractivity (Wildman–Crippen MR) is 96.4 cm³/mol. The van der Waals surface area contributed by atoms with Crippen LogP contribution in [0.25, 0.3) is 0 Å². The quantitative estimate of drug-likeness (QED) is 0.882. The van der Waals surface area contributed by atoms with E-state index in [2.05, 4.69) is 41.2 Å². The van der Waals surface area contributed by atoms with Gasteiger partial charge in [0.2, 0.25) is 5.88 Å². The van der Waals surface area contributed by atoms with E-state index >= 15 is 0 Å². The fourth-order valence-electron chi connectivity index (χ4n) is 3.93. The zero-order valence-electron chi connectivity index (χ0n) is 14.2. The van der Waals surface area contributed by atoms with E-state index in [1.165, 1.54) is 16.7 Å². The smallest absolute Gasteiger partial charge is 0.213 e. The number of nitrogen functional groups attached to an aromatic ring is 1. The van der Waals surface area contributed by atoms with Gasteiger partial charge in [-0.05, 0) is 67.5 Å². The van der Waals surface area contributed by atoms with Gasteiger partial charge in [-0.1, -0.05) is 12.1 Å². The molecule has 1 aromatic heterocycles. The topological polar surface area (TPSA) is 51.4 Å². The minimum atomic E-state index is 0.292. The van der Waals surface area contributed by atoms with E-state index in [-0.39, 0.29) is 0 Å². The molecule has 1 saturated heterocycles. The Labute approximate surface area is 143 Å². The number of benzene rings is 1. The summed E-state index contributed by atoms with van der Waals surface area (Å²) in [5.41, 5.74) is 11.1.